The maximum atomic E-state index is 11.9. The van der Waals surface area contributed by atoms with E-state index in [2.05, 4.69) is 10.6 Å². The first-order valence-electron chi connectivity index (χ1n) is 8.13. The largest absolute Gasteiger partial charge is 0.362 e. The second-order valence-corrected chi connectivity index (χ2v) is 6.14. The summed E-state index contributed by atoms with van der Waals surface area (Å²) in [5.41, 5.74) is 0.738. The lowest BCUT2D eigenvalue weighted by Gasteiger charge is -2.20. The minimum atomic E-state index is -0.440. The van der Waals surface area contributed by atoms with Crippen molar-refractivity contribution < 1.29 is 9.72 Å². The number of hydrogen-bond donors (Lipinski definition) is 2. The summed E-state index contributed by atoms with van der Waals surface area (Å²) in [5, 5.41) is 17.1. The van der Waals surface area contributed by atoms with Gasteiger partial charge in [-0.1, -0.05) is 6.42 Å². The van der Waals surface area contributed by atoms with Crippen molar-refractivity contribution in [2.45, 2.75) is 32.1 Å². The van der Waals surface area contributed by atoms with Gasteiger partial charge in [0.2, 0.25) is 5.91 Å². The Morgan fingerprint density at radius 1 is 1.25 bits per heavy atom. The molecule has 0 aromatic heterocycles. The first-order chi connectivity index (χ1) is 11.6. The molecule has 1 aliphatic rings. The van der Waals surface area contributed by atoms with Gasteiger partial charge in [0.1, 0.15) is 0 Å². The number of non-ortho nitro benzene ring substituents is 1. The number of nitro groups is 1. The predicted molar refractivity (Wildman–Crippen MR) is 97.0 cm³/mol. The summed E-state index contributed by atoms with van der Waals surface area (Å²) in [6.45, 7) is 2.26. The zero-order valence-electron chi connectivity index (χ0n) is 13.5. The van der Waals surface area contributed by atoms with Gasteiger partial charge >= 0.3 is 0 Å². The second-order valence-electron chi connectivity index (χ2n) is 5.73. The molecule has 1 heterocycles. The van der Waals surface area contributed by atoms with E-state index in [-0.39, 0.29) is 11.6 Å². The first kappa shape index (κ1) is 18.1. The van der Waals surface area contributed by atoms with Crippen LogP contribution < -0.4 is 10.6 Å². The Bertz CT molecular complexity index is 591. The number of nitro benzene ring substituents is 1. The third-order valence-electron chi connectivity index (χ3n) is 3.90. The Hall–Kier alpha value is -2.22. The van der Waals surface area contributed by atoms with E-state index in [9.17, 15) is 14.9 Å². The Balaban J connectivity index is 1.67. The van der Waals surface area contributed by atoms with Gasteiger partial charge in [-0.2, -0.15) is 0 Å². The molecule has 7 nitrogen and oxygen atoms in total. The number of benzene rings is 1. The molecule has 2 rings (SSSR count). The highest BCUT2D eigenvalue weighted by molar-refractivity contribution is 7.80. The summed E-state index contributed by atoms with van der Waals surface area (Å²) in [6.07, 6.45) is 4.70. The summed E-state index contributed by atoms with van der Waals surface area (Å²) in [5.74, 6) is 0.249. The molecule has 0 atom stereocenters. The second kappa shape index (κ2) is 9.17. The van der Waals surface area contributed by atoms with Crippen molar-refractivity contribution in [3.05, 3.63) is 34.4 Å². The van der Waals surface area contributed by atoms with Crippen LogP contribution in [0, 0.1) is 10.1 Å². The van der Waals surface area contributed by atoms with Crippen LogP contribution in [0.2, 0.25) is 0 Å². The third kappa shape index (κ3) is 5.77. The third-order valence-corrected chi connectivity index (χ3v) is 4.14. The number of carbonyl (C=O) groups is 1. The number of nitrogens with one attached hydrogen (secondary N) is 2. The molecule has 0 bridgehead atoms. The minimum absolute atomic E-state index is 0.0431. The normalized spacial score (nSPS) is 14.8. The lowest BCUT2D eigenvalue weighted by Crippen LogP contribution is -2.35. The number of likely N-dealkylation sites (tertiary alicyclic amines) is 1. The van der Waals surface area contributed by atoms with Gasteiger partial charge < -0.3 is 15.5 Å². The van der Waals surface area contributed by atoms with E-state index >= 15 is 0 Å². The lowest BCUT2D eigenvalue weighted by atomic mass is 10.2. The molecule has 1 aliphatic heterocycles. The van der Waals surface area contributed by atoms with Gasteiger partial charge in [-0.3, -0.25) is 14.9 Å². The monoisotopic (exact) mass is 350 g/mol. The van der Waals surface area contributed by atoms with Crippen molar-refractivity contribution in [2.75, 3.05) is 25.0 Å². The molecule has 8 heteroatoms. The Kier molecular flexibility index (Phi) is 6.92. The van der Waals surface area contributed by atoms with Gasteiger partial charge in [-0.15, -0.1) is 0 Å². The van der Waals surface area contributed by atoms with E-state index in [0.29, 0.717) is 23.8 Å². The van der Waals surface area contributed by atoms with Crippen molar-refractivity contribution in [1.82, 2.24) is 10.2 Å². The number of nitrogens with zero attached hydrogens (tertiary/aromatic N) is 2. The smallest absolute Gasteiger partial charge is 0.269 e. The highest BCUT2D eigenvalue weighted by Gasteiger charge is 2.15. The van der Waals surface area contributed by atoms with Crippen LogP contribution in [0.5, 0.6) is 0 Å². The van der Waals surface area contributed by atoms with Crippen molar-refractivity contribution in [3.63, 3.8) is 0 Å². The predicted octanol–water partition coefficient (Wildman–Crippen LogP) is 2.67. The molecule has 24 heavy (non-hydrogen) atoms. The van der Waals surface area contributed by atoms with Crippen LogP contribution in [0.1, 0.15) is 32.1 Å². The summed E-state index contributed by atoms with van der Waals surface area (Å²) in [4.78, 5) is 24.0. The Labute approximate surface area is 146 Å². The van der Waals surface area contributed by atoms with Crippen molar-refractivity contribution in [1.29, 1.82) is 0 Å². The molecule has 130 valence electrons. The van der Waals surface area contributed by atoms with Gasteiger partial charge in [0.25, 0.3) is 5.69 Å². The minimum Gasteiger partial charge on any atom is -0.362 e. The number of carbonyl (C=O) groups excluding carboxylic acids is 1. The van der Waals surface area contributed by atoms with E-state index in [1.807, 2.05) is 4.90 Å². The average Bonchev–Trinajstić information content (AvgIpc) is 2.76. The molecular weight excluding hydrogens is 328 g/mol. The summed E-state index contributed by atoms with van der Waals surface area (Å²) in [6, 6.07) is 6.08. The summed E-state index contributed by atoms with van der Waals surface area (Å²) >= 11 is 5.20. The Morgan fingerprint density at radius 2 is 2.00 bits per heavy atom. The fourth-order valence-electron chi connectivity index (χ4n) is 2.59. The van der Waals surface area contributed by atoms with Crippen LogP contribution in [0.3, 0.4) is 0 Å². The molecule has 1 amide bonds. The fourth-order valence-corrected chi connectivity index (χ4v) is 2.81. The van der Waals surface area contributed by atoms with Gasteiger partial charge in [0.05, 0.1) is 4.92 Å². The topological polar surface area (TPSA) is 87.5 Å². The van der Waals surface area contributed by atoms with Crippen LogP contribution >= 0.6 is 12.2 Å². The maximum Gasteiger partial charge on any atom is 0.269 e. The molecule has 0 spiro atoms. The van der Waals surface area contributed by atoms with Crippen molar-refractivity contribution in [2.24, 2.45) is 0 Å². The average molecular weight is 350 g/mol. The van der Waals surface area contributed by atoms with Crippen molar-refractivity contribution in [3.8, 4) is 0 Å². The molecule has 1 aromatic rings. The van der Waals surface area contributed by atoms with E-state index < -0.39 is 4.92 Å². The van der Waals surface area contributed by atoms with E-state index in [4.69, 9.17) is 12.2 Å². The fraction of sp³-hybridized carbons (Fsp3) is 0.500. The lowest BCUT2D eigenvalue weighted by molar-refractivity contribution is -0.384. The van der Waals surface area contributed by atoms with Crippen LogP contribution in [-0.2, 0) is 4.79 Å². The molecule has 1 aromatic carbocycles. The SMILES string of the molecule is O=C1CCCCCN1CCCNC(=S)Nc1ccc([N+](=O)[O-])cc1. The zero-order valence-corrected chi connectivity index (χ0v) is 14.3. The van der Waals surface area contributed by atoms with Gasteiger partial charge in [0.15, 0.2) is 5.11 Å². The molecule has 2 N–H and O–H groups in total. The summed E-state index contributed by atoms with van der Waals surface area (Å²) in [7, 11) is 0. The number of thiocarbonyl (C=S) groups is 1. The maximum absolute atomic E-state index is 11.9. The zero-order chi connectivity index (χ0) is 17.4. The molecule has 0 aliphatic carbocycles. The number of anilines is 1. The highest BCUT2D eigenvalue weighted by Crippen LogP contribution is 2.15. The highest BCUT2D eigenvalue weighted by atomic mass is 32.1. The number of hydrogen-bond acceptors (Lipinski definition) is 4. The molecule has 1 saturated heterocycles. The number of amides is 1. The number of rotatable bonds is 6. The van der Waals surface area contributed by atoms with Crippen LogP contribution in [-0.4, -0.2) is 40.5 Å². The molecule has 0 unspecified atom stereocenters. The Morgan fingerprint density at radius 3 is 2.71 bits per heavy atom. The van der Waals surface area contributed by atoms with E-state index in [1.165, 1.54) is 12.1 Å². The quantitative estimate of drug-likeness (QED) is 0.355. The van der Waals surface area contributed by atoms with Gasteiger partial charge in [0, 0.05) is 43.9 Å². The molecule has 1 fully saturated rings. The van der Waals surface area contributed by atoms with Gasteiger partial charge in [-0.25, -0.2) is 0 Å². The van der Waals surface area contributed by atoms with E-state index in [0.717, 1.165) is 38.8 Å². The van der Waals surface area contributed by atoms with Crippen LogP contribution in [0.25, 0.3) is 0 Å². The van der Waals surface area contributed by atoms with Crippen LogP contribution in [0.4, 0.5) is 11.4 Å². The summed E-state index contributed by atoms with van der Waals surface area (Å²) < 4.78 is 0. The molecule has 0 radical (unpaired) electrons. The van der Waals surface area contributed by atoms with Gasteiger partial charge in [-0.05, 0) is 43.6 Å². The van der Waals surface area contributed by atoms with Crippen LogP contribution in [0.15, 0.2) is 24.3 Å². The first-order valence-corrected chi connectivity index (χ1v) is 8.54. The van der Waals surface area contributed by atoms with E-state index in [1.54, 1.807) is 12.1 Å². The molecular formula is C16H22N4O3S. The standard InChI is InChI=1S/C16H22N4O3S/c21-15-5-2-1-3-11-19(15)12-4-10-17-16(24)18-13-6-8-14(9-7-13)20(22)23/h6-9H,1-5,10-12H2,(H2,17,18,24). The molecule has 0 saturated carbocycles. The van der Waals surface area contributed by atoms with Crippen molar-refractivity contribution >= 4 is 34.6 Å².